The van der Waals surface area contributed by atoms with E-state index in [0.29, 0.717) is 5.92 Å². The fraction of sp³-hybridized carbons (Fsp3) is 0.600. The minimum Gasteiger partial charge on any atom is -0.324 e. The van der Waals surface area contributed by atoms with Gasteiger partial charge >= 0.3 is 0 Å². The maximum Gasteiger partial charge on any atom is 0.0333 e. The first-order chi connectivity index (χ1) is 8.19. The van der Waals surface area contributed by atoms with Crippen LogP contribution in [0.15, 0.2) is 30.3 Å². The molecule has 2 nitrogen and oxygen atoms in total. The zero-order valence-corrected chi connectivity index (χ0v) is 11.4. The molecular formula is C15H26N2. The second-order valence-corrected chi connectivity index (χ2v) is 4.81. The second-order valence-electron chi connectivity index (χ2n) is 4.81. The standard InChI is InChI=1S/C15H26N2/c1-4-11-17(5-2)12-13(3)15(16)14-9-7-6-8-10-14/h6-10,13,15H,4-5,11-12,16H2,1-3H3. The van der Waals surface area contributed by atoms with Crippen LogP contribution in [0.2, 0.25) is 0 Å². The van der Waals surface area contributed by atoms with Gasteiger partial charge in [0.15, 0.2) is 0 Å². The summed E-state index contributed by atoms with van der Waals surface area (Å²) in [5.74, 6) is 0.490. The fourth-order valence-electron chi connectivity index (χ4n) is 2.22. The lowest BCUT2D eigenvalue weighted by Gasteiger charge is -2.27. The van der Waals surface area contributed by atoms with Crippen molar-refractivity contribution in [3.63, 3.8) is 0 Å². The van der Waals surface area contributed by atoms with E-state index < -0.39 is 0 Å². The highest BCUT2D eigenvalue weighted by atomic mass is 15.1. The molecule has 2 atom stereocenters. The highest BCUT2D eigenvalue weighted by molar-refractivity contribution is 5.19. The topological polar surface area (TPSA) is 29.3 Å². The third kappa shape index (κ3) is 4.49. The van der Waals surface area contributed by atoms with E-state index in [1.54, 1.807) is 0 Å². The summed E-state index contributed by atoms with van der Waals surface area (Å²) < 4.78 is 0. The number of rotatable bonds is 7. The Morgan fingerprint density at radius 3 is 2.35 bits per heavy atom. The van der Waals surface area contributed by atoms with Crippen LogP contribution < -0.4 is 5.73 Å². The van der Waals surface area contributed by atoms with E-state index in [1.807, 2.05) is 6.07 Å². The first kappa shape index (κ1) is 14.2. The van der Waals surface area contributed by atoms with Gasteiger partial charge in [-0.25, -0.2) is 0 Å². The summed E-state index contributed by atoms with van der Waals surface area (Å²) in [7, 11) is 0. The van der Waals surface area contributed by atoms with Gasteiger partial charge in [0.05, 0.1) is 0 Å². The molecule has 0 spiro atoms. The molecule has 0 saturated heterocycles. The van der Waals surface area contributed by atoms with E-state index in [1.165, 1.54) is 18.5 Å². The number of benzene rings is 1. The molecule has 96 valence electrons. The summed E-state index contributed by atoms with van der Waals surface area (Å²) in [6.07, 6.45) is 1.21. The zero-order valence-electron chi connectivity index (χ0n) is 11.4. The summed E-state index contributed by atoms with van der Waals surface area (Å²) in [6, 6.07) is 10.5. The van der Waals surface area contributed by atoms with Gasteiger partial charge in [0.1, 0.15) is 0 Å². The van der Waals surface area contributed by atoms with Crippen LogP contribution in [0.3, 0.4) is 0 Å². The lowest BCUT2D eigenvalue weighted by Crippen LogP contribution is -2.34. The predicted molar refractivity (Wildman–Crippen MR) is 74.9 cm³/mol. The first-order valence-electron chi connectivity index (χ1n) is 6.71. The number of nitrogens with zero attached hydrogens (tertiary/aromatic N) is 1. The molecule has 2 N–H and O–H groups in total. The summed E-state index contributed by atoms with van der Waals surface area (Å²) in [5, 5.41) is 0. The predicted octanol–water partition coefficient (Wildman–Crippen LogP) is 3.05. The zero-order chi connectivity index (χ0) is 12.7. The molecule has 0 aliphatic carbocycles. The Morgan fingerprint density at radius 1 is 1.18 bits per heavy atom. The van der Waals surface area contributed by atoms with Crippen LogP contribution in [-0.4, -0.2) is 24.5 Å². The van der Waals surface area contributed by atoms with Gasteiger partial charge in [0.2, 0.25) is 0 Å². The normalized spacial score (nSPS) is 14.9. The molecule has 2 heteroatoms. The van der Waals surface area contributed by atoms with Crippen LogP contribution >= 0.6 is 0 Å². The minimum absolute atomic E-state index is 0.141. The third-order valence-corrected chi connectivity index (χ3v) is 3.33. The summed E-state index contributed by atoms with van der Waals surface area (Å²) >= 11 is 0. The average Bonchev–Trinajstić information content (AvgIpc) is 2.38. The van der Waals surface area contributed by atoms with E-state index in [9.17, 15) is 0 Å². The molecule has 1 rings (SSSR count). The van der Waals surface area contributed by atoms with Gasteiger partial charge in [-0.1, -0.05) is 51.1 Å². The van der Waals surface area contributed by atoms with E-state index in [4.69, 9.17) is 5.73 Å². The van der Waals surface area contributed by atoms with Crippen LogP contribution in [0.25, 0.3) is 0 Å². The molecule has 0 aromatic heterocycles. The molecule has 0 radical (unpaired) electrons. The smallest absolute Gasteiger partial charge is 0.0333 e. The Morgan fingerprint density at radius 2 is 1.82 bits per heavy atom. The molecule has 0 heterocycles. The average molecular weight is 234 g/mol. The van der Waals surface area contributed by atoms with Crippen LogP contribution in [0.1, 0.15) is 38.8 Å². The van der Waals surface area contributed by atoms with E-state index in [-0.39, 0.29) is 6.04 Å². The molecule has 17 heavy (non-hydrogen) atoms. The number of nitrogens with two attached hydrogens (primary N) is 1. The molecule has 0 fully saturated rings. The highest BCUT2D eigenvalue weighted by Gasteiger charge is 2.16. The Kier molecular flexibility index (Phi) is 6.23. The van der Waals surface area contributed by atoms with Crippen molar-refractivity contribution in [2.75, 3.05) is 19.6 Å². The van der Waals surface area contributed by atoms with Crippen LogP contribution in [0.5, 0.6) is 0 Å². The molecule has 0 bridgehead atoms. The van der Waals surface area contributed by atoms with Gasteiger partial charge in [0, 0.05) is 12.6 Å². The first-order valence-corrected chi connectivity index (χ1v) is 6.71. The third-order valence-electron chi connectivity index (χ3n) is 3.33. The fourth-order valence-corrected chi connectivity index (χ4v) is 2.22. The van der Waals surface area contributed by atoms with Gasteiger partial charge < -0.3 is 10.6 Å². The van der Waals surface area contributed by atoms with Crippen molar-refractivity contribution in [2.24, 2.45) is 11.7 Å². The van der Waals surface area contributed by atoms with Crippen LogP contribution in [0, 0.1) is 5.92 Å². The van der Waals surface area contributed by atoms with Crippen molar-refractivity contribution in [3.8, 4) is 0 Å². The summed E-state index contributed by atoms with van der Waals surface area (Å²) in [5.41, 5.74) is 7.55. The molecule has 0 aliphatic rings. The van der Waals surface area contributed by atoms with Crippen molar-refractivity contribution >= 4 is 0 Å². The Labute approximate surface area is 106 Å². The van der Waals surface area contributed by atoms with Crippen molar-refractivity contribution in [1.29, 1.82) is 0 Å². The molecule has 1 aromatic carbocycles. The van der Waals surface area contributed by atoms with Gasteiger partial charge in [-0.15, -0.1) is 0 Å². The molecule has 0 aliphatic heterocycles. The van der Waals surface area contributed by atoms with Gasteiger partial charge in [-0.05, 0) is 31.0 Å². The van der Waals surface area contributed by atoms with Crippen molar-refractivity contribution in [1.82, 2.24) is 4.90 Å². The van der Waals surface area contributed by atoms with Crippen molar-refractivity contribution in [2.45, 2.75) is 33.2 Å². The lowest BCUT2D eigenvalue weighted by atomic mass is 9.95. The Bertz CT molecular complexity index is 297. The maximum absolute atomic E-state index is 6.31. The van der Waals surface area contributed by atoms with Crippen LogP contribution in [-0.2, 0) is 0 Å². The van der Waals surface area contributed by atoms with Gasteiger partial charge in [-0.3, -0.25) is 0 Å². The summed E-state index contributed by atoms with van der Waals surface area (Å²) in [6.45, 7) is 10.1. The SMILES string of the molecule is CCCN(CC)CC(C)C(N)c1ccccc1. The molecular weight excluding hydrogens is 208 g/mol. The highest BCUT2D eigenvalue weighted by Crippen LogP contribution is 2.19. The van der Waals surface area contributed by atoms with Crippen molar-refractivity contribution < 1.29 is 0 Å². The van der Waals surface area contributed by atoms with Gasteiger partial charge in [0.25, 0.3) is 0 Å². The molecule has 2 unspecified atom stereocenters. The molecule has 0 saturated carbocycles. The van der Waals surface area contributed by atoms with E-state index in [0.717, 1.165) is 13.1 Å². The Balaban J connectivity index is 2.54. The molecule has 0 amide bonds. The Hall–Kier alpha value is -0.860. The van der Waals surface area contributed by atoms with E-state index >= 15 is 0 Å². The number of hydrogen-bond acceptors (Lipinski definition) is 2. The molecule has 1 aromatic rings. The second kappa shape index (κ2) is 7.46. The van der Waals surface area contributed by atoms with Crippen LogP contribution in [0.4, 0.5) is 0 Å². The largest absolute Gasteiger partial charge is 0.324 e. The maximum atomic E-state index is 6.31. The number of hydrogen-bond donors (Lipinski definition) is 1. The van der Waals surface area contributed by atoms with Gasteiger partial charge in [-0.2, -0.15) is 0 Å². The van der Waals surface area contributed by atoms with Crippen molar-refractivity contribution in [3.05, 3.63) is 35.9 Å². The quantitative estimate of drug-likeness (QED) is 0.785. The minimum atomic E-state index is 0.141. The summed E-state index contributed by atoms with van der Waals surface area (Å²) in [4.78, 5) is 2.48. The lowest BCUT2D eigenvalue weighted by molar-refractivity contribution is 0.232. The monoisotopic (exact) mass is 234 g/mol. The van der Waals surface area contributed by atoms with E-state index in [2.05, 4.69) is 49.9 Å².